The van der Waals surface area contributed by atoms with Gasteiger partial charge in [0.1, 0.15) is 0 Å². The number of amides is 1. The third-order valence-corrected chi connectivity index (χ3v) is 11.8. The van der Waals surface area contributed by atoms with Crippen molar-refractivity contribution in [3.05, 3.63) is 12.2 Å². The van der Waals surface area contributed by atoms with Crippen molar-refractivity contribution in [1.82, 2.24) is 5.32 Å². The highest BCUT2D eigenvalue weighted by molar-refractivity contribution is 5.76. The fourth-order valence-electron chi connectivity index (χ4n) is 7.87. The van der Waals surface area contributed by atoms with Crippen LogP contribution < -0.4 is 5.32 Å². The fraction of sp³-hybridized carbons (Fsp3) is 0.922. The van der Waals surface area contributed by atoms with Crippen LogP contribution in [0.15, 0.2) is 12.2 Å². The number of nitrogens with one attached hydrogen (secondary N) is 1. The SMILES string of the molecule is CCCCCCCCCCCC/C=C/C(O)C(CO)NC(=O)CCCCCCCCCCCCCCCCCCOC(=O)CCCCCCCCCCCCCC. The number of allylic oxidation sites excluding steroid dienone is 1. The Morgan fingerprint density at radius 1 is 0.474 bits per heavy atom. The standard InChI is InChI=1S/C51H99NO5/c1-3-5-7-9-11-13-15-23-27-31-35-39-43-49(54)48(47-53)52-50(55)44-40-36-32-28-24-21-19-17-18-20-22-26-30-34-38-42-46-57-51(56)45-41-37-33-29-25-16-14-12-10-8-6-4-2/h39,43,48-49,53-54H,3-38,40-42,44-47H2,1-2H3,(H,52,55)/b43-39+. The van der Waals surface area contributed by atoms with Gasteiger partial charge in [0.15, 0.2) is 0 Å². The van der Waals surface area contributed by atoms with Gasteiger partial charge in [0.2, 0.25) is 5.91 Å². The molecule has 0 fully saturated rings. The van der Waals surface area contributed by atoms with E-state index in [-0.39, 0.29) is 18.5 Å². The molecule has 0 rings (SSSR count). The lowest BCUT2D eigenvalue weighted by Gasteiger charge is -2.20. The maximum atomic E-state index is 12.4. The molecule has 6 heteroatoms. The summed E-state index contributed by atoms with van der Waals surface area (Å²) < 4.78 is 5.46. The summed E-state index contributed by atoms with van der Waals surface area (Å²) in [6.45, 7) is 4.88. The van der Waals surface area contributed by atoms with Crippen LogP contribution in [0, 0.1) is 0 Å². The molecule has 338 valence electrons. The Kier molecular flexibility index (Phi) is 46.1. The van der Waals surface area contributed by atoms with Crippen LogP contribution in [0.3, 0.4) is 0 Å². The zero-order valence-corrected chi connectivity index (χ0v) is 38.3. The number of hydrogen-bond donors (Lipinski definition) is 3. The van der Waals surface area contributed by atoms with Crippen LogP contribution in [0.1, 0.15) is 277 Å². The highest BCUT2D eigenvalue weighted by Crippen LogP contribution is 2.16. The molecular weight excluding hydrogens is 707 g/mol. The third kappa shape index (κ3) is 44.0. The Bertz CT molecular complexity index is 847. The van der Waals surface area contributed by atoms with Crippen molar-refractivity contribution in [2.75, 3.05) is 13.2 Å². The molecule has 1 amide bonds. The topological polar surface area (TPSA) is 95.9 Å². The van der Waals surface area contributed by atoms with Crippen LogP contribution >= 0.6 is 0 Å². The molecule has 0 heterocycles. The first-order valence-electron chi connectivity index (χ1n) is 25.5. The zero-order valence-electron chi connectivity index (χ0n) is 38.3. The van der Waals surface area contributed by atoms with E-state index in [0.717, 1.165) is 44.9 Å². The fourth-order valence-corrected chi connectivity index (χ4v) is 7.87. The van der Waals surface area contributed by atoms with Crippen molar-refractivity contribution in [2.24, 2.45) is 0 Å². The molecule has 0 aliphatic rings. The summed E-state index contributed by atoms with van der Waals surface area (Å²) in [6.07, 6.45) is 53.5. The summed E-state index contributed by atoms with van der Waals surface area (Å²) in [5, 5.41) is 23.0. The predicted octanol–water partition coefficient (Wildman–Crippen LogP) is 15.0. The van der Waals surface area contributed by atoms with Crippen LogP contribution in [0.25, 0.3) is 0 Å². The molecule has 0 aromatic carbocycles. The van der Waals surface area contributed by atoms with E-state index in [1.165, 1.54) is 205 Å². The van der Waals surface area contributed by atoms with Crippen LogP contribution in [0.2, 0.25) is 0 Å². The van der Waals surface area contributed by atoms with E-state index in [0.29, 0.717) is 19.4 Å². The Labute approximate surface area is 355 Å². The number of unbranched alkanes of at least 4 members (excludes halogenated alkanes) is 36. The lowest BCUT2D eigenvalue weighted by Crippen LogP contribution is -2.45. The van der Waals surface area contributed by atoms with Gasteiger partial charge in [0.05, 0.1) is 25.4 Å². The van der Waals surface area contributed by atoms with Gasteiger partial charge in [-0.2, -0.15) is 0 Å². The number of carbonyl (C=O) groups excluding carboxylic acids is 2. The lowest BCUT2D eigenvalue weighted by atomic mass is 10.0. The van der Waals surface area contributed by atoms with Crippen molar-refractivity contribution in [3.8, 4) is 0 Å². The first kappa shape index (κ1) is 55.6. The summed E-state index contributed by atoms with van der Waals surface area (Å²) in [5.41, 5.74) is 0. The van der Waals surface area contributed by atoms with E-state index in [9.17, 15) is 19.8 Å². The van der Waals surface area contributed by atoms with Crippen molar-refractivity contribution >= 4 is 11.9 Å². The molecule has 0 bridgehead atoms. The van der Waals surface area contributed by atoms with Gasteiger partial charge in [0.25, 0.3) is 0 Å². The summed E-state index contributed by atoms with van der Waals surface area (Å²) in [4.78, 5) is 24.4. The second kappa shape index (κ2) is 47.3. The monoisotopic (exact) mass is 806 g/mol. The van der Waals surface area contributed by atoms with Crippen molar-refractivity contribution < 1.29 is 24.5 Å². The quantitative estimate of drug-likeness (QED) is 0.0323. The number of aliphatic hydroxyl groups excluding tert-OH is 2. The highest BCUT2D eigenvalue weighted by atomic mass is 16.5. The molecule has 6 nitrogen and oxygen atoms in total. The maximum Gasteiger partial charge on any atom is 0.305 e. The second-order valence-electron chi connectivity index (χ2n) is 17.5. The number of ether oxygens (including phenoxy) is 1. The van der Waals surface area contributed by atoms with Crippen LogP contribution in [-0.2, 0) is 14.3 Å². The molecule has 57 heavy (non-hydrogen) atoms. The van der Waals surface area contributed by atoms with Gasteiger partial charge in [-0.3, -0.25) is 9.59 Å². The maximum absolute atomic E-state index is 12.4. The lowest BCUT2D eigenvalue weighted by molar-refractivity contribution is -0.143. The van der Waals surface area contributed by atoms with Gasteiger partial charge < -0.3 is 20.3 Å². The normalized spacial score (nSPS) is 12.7. The Morgan fingerprint density at radius 3 is 1.19 bits per heavy atom. The van der Waals surface area contributed by atoms with Gasteiger partial charge in [0, 0.05) is 12.8 Å². The average Bonchev–Trinajstić information content (AvgIpc) is 3.21. The number of aliphatic hydroxyl groups is 2. The molecule has 0 spiro atoms. The summed E-state index contributed by atoms with van der Waals surface area (Å²) in [7, 11) is 0. The van der Waals surface area contributed by atoms with E-state index >= 15 is 0 Å². The van der Waals surface area contributed by atoms with E-state index in [1.54, 1.807) is 6.08 Å². The molecule has 0 saturated carbocycles. The van der Waals surface area contributed by atoms with Gasteiger partial charge in [-0.25, -0.2) is 0 Å². The van der Waals surface area contributed by atoms with E-state index in [1.807, 2.05) is 6.08 Å². The number of esters is 1. The molecule has 2 unspecified atom stereocenters. The van der Waals surface area contributed by atoms with E-state index in [4.69, 9.17) is 4.74 Å². The Hall–Kier alpha value is -1.40. The van der Waals surface area contributed by atoms with E-state index < -0.39 is 12.1 Å². The van der Waals surface area contributed by atoms with Crippen LogP contribution in [-0.4, -0.2) is 47.4 Å². The molecule has 0 saturated heterocycles. The van der Waals surface area contributed by atoms with Gasteiger partial charge in [-0.05, 0) is 32.1 Å². The molecule has 0 aliphatic heterocycles. The van der Waals surface area contributed by atoms with Crippen LogP contribution in [0.4, 0.5) is 0 Å². The second-order valence-corrected chi connectivity index (χ2v) is 17.5. The average molecular weight is 806 g/mol. The minimum Gasteiger partial charge on any atom is -0.466 e. The van der Waals surface area contributed by atoms with Crippen molar-refractivity contribution in [3.63, 3.8) is 0 Å². The number of rotatable bonds is 47. The van der Waals surface area contributed by atoms with E-state index in [2.05, 4.69) is 19.2 Å². The Morgan fingerprint density at radius 2 is 0.807 bits per heavy atom. The molecule has 3 N–H and O–H groups in total. The first-order chi connectivity index (χ1) is 28.0. The molecule has 0 aromatic heterocycles. The number of hydrogen-bond acceptors (Lipinski definition) is 5. The largest absolute Gasteiger partial charge is 0.466 e. The highest BCUT2D eigenvalue weighted by Gasteiger charge is 2.18. The van der Waals surface area contributed by atoms with Gasteiger partial charge in [-0.15, -0.1) is 0 Å². The van der Waals surface area contributed by atoms with Crippen LogP contribution in [0.5, 0.6) is 0 Å². The smallest absolute Gasteiger partial charge is 0.305 e. The molecular formula is C51H99NO5. The summed E-state index contributed by atoms with van der Waals surface area (Å²) in [6, 6.07) is -0.630. The molecule has 0 radical (unpaired) electrons. The third-order valence-electron chi connectivity index (χ3n) is 11.8. The summed E-state index contributed by atoms with van der Waals surface area (Å²) in [5.74, 6) is -0.0723. The summed E-state index contributed by atoms with van der Waals surface area (Å²) >= 11 is 0. The minimum absolute atomic E-state index is 0.00269. The Balaban J connectivity index is 3.44. The minimum atomic E-state index is -0.846. The molecule has 2 atom stereocenters. The molecule has 0 aliphatic carbocycles. The van der Waals surface area contributed by atoms with Crippen molar-refractivity contribution in [2.45, 2.75) is 289 Å². The zero-order chi connectivity index (χ0) is 41.5. The van der Waals surface area contributed by atoms with Crippen molar-refractivity contribution in [1.29, 1.82) is 0 Å². The number of carbonyl (C=O) groups is 2. The first-order valence-corrected chi connectivity index (χ1v) is 25.5. The van der Waals surface area contributed by atoms with Gasteiger partial charge in [-0.1, -0.05) is 244 Å². The molecule has 0 aromatic rings. The predicted molar refractivity (Wildman–Crippen MR) is 246 cm³/mol. The van der Waals surface area contributed by atoms with Gasteiger partial charge >= 0.3 is 5.97 Å².